The highest BCUT2D eigenvalue weighted by molar-refractivity contribution is 5.75. The molecule has 0 saturated heterocycles. The highest BCUT2D eigenvalue weighted by Gasteiger charge is 2.34. The second kappa shape index (κ2) is 7.57. The van der Waals surface area contributed by atoms with Crippen LogP contribution in [0.15, 0.2) is 18.2 Å². The molecule has 8 nitrogen and oxygen atoms in total. The van der Waals surface area contributed by atoms with Crippen molar-refractivity contribution in [1.82, 2.24) is 25.0 Å². The van der Waals surface area contributed by atoms with E-state index in [-0.39, 0.29) is 12.1 Å². The van der Waals surface area contributed by atoms with Crippen molar-refractivity contribution >= 4 is 6.03 Å². The van der Waals surface area contributed by atoms with Gasteiger partial charge in [0.25, 0.3) is 0 Å². The normalized spacial score (nSPS) is 20.1. The SMILES string of the molecule is CCc1nc2n(n1)CCCC2NC(=O)N1Cc2ccc(OC)cc2OC(C)(C)C1. The van der Waals surface area contributed by atoms with Gasteiger partial charge in [0.15, 0.2) is 5.82 Å². The average Bonchev–Trinajstić information content (AvgIpc) is 3.06. The first kappa shape index (κ1) is 19.5. The predicted octanol–water partition coefficient (Wildman–Crippen LogP) is 3.07. The van der Waals surface area contributed by atoms with Crippen LogP contribution < -0.4 is 14.8 Å². The molecule has 0 bridgehead atoms. The van der Waals surface area contributed by atoms with Crippen molar-refractivity contribution in [2.45, 2.75) is 64.8 Å². The minimum atomic E-state index is -0.517. The number of nitrogens with one attached hydrogen (secondary N) is 1. The lowest BCUT2D eigenvalue weighted by atomic mass is 10.1. The number of carbonyl (C=O) groups is 1. The molecule has 0 radical (unpaired) electrons. The molecule has 156 valence electrons. The lowest BCUT2D eigenvalue weighted by Gasteiger charge is -2.31. The van der Waals surface area contributed by atoms with Crippen LogP contribution in [0.5, 0.6) is 11.5 Å². The van der Waals surface area contributed by atoms with Crippen LogP contribution in [0.1, 0.15) is 56.9 Å². The summed E-state index contributed by atoms with van der Waals surface area (Å²) in [5, 5.41) is 7.72. The number of aryl methyl sites for hydroxylation is 2. The molecular formula is C21H29N5O3. The summed E-state index contributed by atoms with van der Waals surface area (Å²) in [5.74, 6) is 3.19. The minimum absolute atomic E-state index is 0.107. The molecule has 8 heteroatoms. The van der Waals surface area contributed by atoms with Gasteiger partial charge in [-0.05, 0) is 38.8 Å². The summed E-state index contributed by atoms with van der Waals surface area (Å²) in [7, 11) is 1.64. The number of rotatable bonds is 3. The molecular weight excluding hydrogens is 370 g/mol. The van der Waals surface area contributed by atoms with Crippen LogP contribution >= 0.6 is 0 Å². The van der Waals surface area contributed by atoms with Gasteiger partial charge < -0.3 is 19.7 Å². The number of hydrogen-bond donors (Lipinski definition) is 1. The van der Waals surface area contributed by atoms with Gasteiger partial charge in [0, 0.05) is 24.6 Å². The van der Waals surface area contributed by atoms with Crippen LogP contribution in [0.2, 0.25) is 0 Å². The summed E-state index contributed by atoms with van der Waals surface area (Å²) < 4.78 is 13.5. The van der Waals surface area contributed by atoms with Gasteiger partial charge in [-0.1, -0.05) is 6.92 Å². The Kier molecular flexibility index (Phi) is 5.10. The molecule has 2 aromatic rings. The number of carbonyl (C=O) groups excluding carboxylic acids is 1. The largest absolute Gasteiger partial charge is 0.497 e. The third kappa shape index (κ3) is 4.02. The van der Waals surface area contributed by atoms with Crippen LogP contribution in [-0.2, 0) is 19.5 Å². The molecule has 4 rings (SSSR count). The van der Waals surface area contributed by atoms with Crippen molar-refractivity contribution in [3.63, 3.8) is 0 Å². The Bertz CT molecular complexity index is 908. The van der Waals surface area contributed by atoms with Gasteiger partial charge in [-0.3, -0.25) is 0 Å². The maximum absolute atomic E-state index is 13.2. The number of nitrogens with zero attached hydrogens (tertiary/aromatic N) is 4. The highest BCUT2D eigenvalue weighted by atomic mass is 16.5. The van der Waals surface area contributed by atoms with Gasteiger partial charge in [0.1, 0.15) is 22.9 Å². The molecule has 0 spiro atoms. The minimum Gasteiger partial charge on any atom is -0.497 e. The summed E-state index contributed by atoms with van der Waals surface area (Å²) in [6.45, 7) is 7.85. The molecule has 0 saturated carbocycles. The molecule has 1 atom stereocenters. The number of methoxy groups -OCH3 is 1. The van der Waals surface area contributed by atoms with Gasteiger partial charge in [0.05, 0.1) is 26.2 Å². The molecule has 1 unspecified atom stereocenters. The molecule has 1 aromatic heterocycles. The molecule has 2 amide bonds. The molecule has 3 heterocycles. The van der Waals surface area contributed by atoms with E-state index < -0.39 is 5.60 Å². The number of fused-ring (bicyclic) bond motifs is 2. The van der Waals surface area contributed by atoms with Crippen molar-refractivity contribution in [1.29, 1.82) is 0 Å². The summed E-state index contributed by atoms with van der Waals surface area (Å²) in [6, 6.07) is 5.51. The van der Waals surface area contributed by atoms with Gasteiger partial charge in [-0.2, -0.15) is 5.10 Å². The fourth-order valence-electron chi connectivity index (χ4n) is 4.01. The number of hydrogen-bond acceptors (Lipinski definition) is 5. The summed E-state index contributed by atoms with van der Waals surface area (Å²) in [6.07, 6.45) is 2.63. The predicted molar refractivity (Wildman–Crippen MR) is 108 cm³/mol. The molecule has 1 aromatic carbocycles. The van der Waals surface area contributed by atoms with E-state index in [2.05, 4.69) is 15.4 Å². The number of aromatic nitrogens is 3. The zero-order valence-corrected chi connectivity index (χ0v) is 17.6. The van der Waals surface area contributed by atoms with Crippen molar-refractivity contribution in [3.05, 3.63) is 35.4 Å². The Morgan fingerprint density at radius 1 is 1.41 bits per heavy atom. The Morgan fingerprint density at radius 2 is 2.24 bits per heavy atom. The lowest BCUT2D eigenvalue weighted by Crippen LogP contribution is -2.48. The number of ether oxygens (including phenoxy) is 2. The Hall–Kier alpha value is -2.77. The standard InChI is InChI=1S/C21H29N5O3/c1-5-18-23-19-16(7-6-10-26(19)24-18)22-20(27)25-12-14-8-9-15(28-4)11-17(14)29-21(2,3)13-25/h8-9,11,16H,5-7,10,12-13H2,1-4H3,(H,22,27). The van der Waals surface area contributed by atoms with E-state index in [1.807, 2.05) is 48.6 Å². The topological polar surface area (TPSA) is 81.5 Å². The van der Waals surface area contributed by atoms with E-state index in [1.165, 1.54) is 0 Å². The Morgan fingerprint density at radius 3 is 3.00 bits per heavy atom. The van der Waals surface area contributed by atoms with Crippen molar-refractivity contribution in [2.24, 2.45) is 0 Å². The maximum atomic E-state index is 13.2. The van der Waals surface area contributed by atoms with Crippen LogP contribution in [0.4, 0.5) is 4.79 Å². The third-order valence-electron chi connectivity index (χ3n) is 5.41. The van der Waals surface area contributed by atoms with E-state index in [9.17, 15) is 4.79 Å². The fourth-order valence-corrected chi connectivity index (χ4v) is 4.01. The average molecular weight is 399 g/mol. The zero-order chi connectivity index (χ0) is 20.6. The molecule has 0 fully saturated rings. The van der Waals surface area contributed by atoms with Gasteiger partial charge in [-0.15, -0.1) is 0 Å². The first-order chi connectivity index (χ1) is 13.9. The smallest absolute Gasteiger partial charge is 0.318 e. The van der Waals surface area contributed by atoms with E-state index in [0.29, 0.717) is 13.1 Å². The van der Waals surface area contributed by atoms with Crippen molar-refractivity contribution in [2.75, 3.05) is 13.7 Å². The lowest BCUT2D eigenvalue weighted by molar-refractivity contribution is 0.0795. The monoisotopic (exact) mass is 399 g/mol. The Labute approximate surface area is 171 Å². The summed E-state index contributed by atoms with van der Waals surface area (Å²) >= 11 is 0. The van der Waals surface area contributed by atoms with E-state index in [0.717, 1.165) is 54.5 Å². The second-order valence-corrected chi connectivity index (χ2v) is 8.30. The molecule has 29 heavy (non-hydrogen) atoms. The van der Waals surface area contributed by atoms with Crippen molar-refractivity contribution in [3.8, 4) is 11.5 Å². The molecule has 0 aliphatic carbocycles. The quantitative estimate of drug-likeness (QED) is 0.858. The Balaban J connectivity index is 1.55. The fraction of sp³-hybridized carbons (Fsp3) is 0.571. The molecule has 1 N–H and O–H groups in total. The first-order valence-electron chi connectivity index (χ1n) is 10.2. The second-order valence-electron chi connectivity index (χ2n) is 8.30. The molecule has 2 aliphatic heterocycles. The van der Waals surface area contributed by atoms with Crippen LogP contribution in [0, 0.1) is 0 Å². The van der Waals surface area contributed by atoms with Gasteiger partial charge >= 0.3 is 6.03 Å². The summed E-state index contributed by atoms with van der Waals surface area (Å²) in [5.41, 5.74) is 0.448. The maximum Gasteiger partial charge on any atom is 0.318 e. The first-order valence-corrected chi connectivity index (χ1v) is 10.2. The number of urea groups is 1. The zero-order valence-electron chi connectivity index (χ0n) is 17.6. The highest BCUT2D eigenvalue weighted by Crippen LogP contribution is 2.33. The number of amides is 2. The van der Waals surface area contributed by atoms with E-state index in [1.54, 1.807) is 7.11 Å². The number of benzene rings is 1. The van der Waals surface area contributed by atoms with Crippen molar-refractivity contribution < 1.29 is 14.3 Å². The van der Waals surface area contributed by atoms with E-state index in [4.69, 9.17) is 9.47 Å². The van der Waals surface area contributed by atoms with Gasteiger partial charge in [0.2, 0.25) is 0 Å². The van der Waals surface area contributed by atoms with Crippen LogP contribution in [0.25, 0.3) is 0 Å². The molecule has 2 aliphatic rings. The summed E-state index contributed by atoms with van der Waals surface area (Å²) in [4.78, 5) is 19.6. The van der Waals surface area contributed by atoms with Gasteiger partial charge in [-0.25, -0.2) is 14.5 Å². The third-order valence-corrected chi connectivity index (χ3v) is 5.41. The van der Waals surface area contributed by atoms with E-state index >= 15 is 0 Å². The van der Waals surface area contributed by atoms with Crippen LogP contribution in [-0.4, -0.2) is 45.0 Å². The van der Waals surface area contributed by atoms with Crippen LogP contribution in [0.3, 0.4) is 0 Å².